The van der Waals surface area contributed by atoms with E-state index in [2.05, 4.69) is 10.0 Å². The topological polar surface area (TPSA) is 112 Å². The van der Waals surface area contributed by atoms with Crippen LogP contribution in [-0.2, 0) is 25.3 Å². The Balaban J connectivity index is 1.57. The summed E-state index contributed by atoms with van der Waals surface area (Å²) in [6, 6.07) is 11.7. The van der Waals surface area contributed by atoms with Crippen LogP contribution < -0.4 is 24.2 Å². The molecule has 0 aromatic heterocycles. The molecular weight excluding hydrogens is 412 g/mol. The molecule has 0 radical (unpaired) electrons. The number of carbonyl (C=O) groups excluding carboxylic acids is 1. The number of fused-ring (bicyclic) bond motifs is 1. The average molecular weight is 436 g/mol. The third-order valence-corrected chi connectivity index (χ3v) is 5.56. The van der Waals surface area contributed by atoms with Crippen LogP contribution >= 0.6 is 0 Å². The van der Waals surface area contributed by atoms with Crippen LogP contribution in [0.1, 0.15) is 12.5 Å². The van der Waals surface area contributed by atoms with Gasteiger partial charge in [0, 0.05) is 25.4 Å². The lowest BCUT2D eigenvalue weighted by atomic mass is 10.2. The molecule has 1 amide bonds. The Bertz CT molecular complexity index is 994. The van der Waals surface area contributed by atoms with Crippen molar-refractivity contribution in [2.45, 2.75) is 18.8 Å². The van der Waals surface area contributed by atoms with E-state index in [1.165, 1.54) is 7.11 Å². The Morgan fingerprint density at radius 1 is 1.17 bits per heavy atom. The standard InChI is InChI=1S/C20H24N2O7S/c1-14(29-17-6-7-18-19(11-17)28-13-27-18)20(23)22-16-5-3-4-15(10-16)12-30(24,25)21-8-9-26-2/h3-7,10-11,14,21H,8-9,12-13H2,1-2H3,(H,22,23)/t14-/m0/s1. The summed E-state index contributed by atoms with van der Waals surface area (Å²) in [6.07, 6.45) is -0.784. The van der Waals surface area contributed by atoms with E-state index in [1.54, 1.807) is 49.4 Å². The Kier molecular flexibility index (Phi) is 7.14. The fourth-order valence-electron chi connectivity index (χ4n) is 2.76. The summed E-state index contributed by atoms with van der Waals surface area (Å²) in [7, 11) is -2.01. The maximum atomic E-state index is 12.5. The predicted octanol–water partition coefficient (Wildman–Crippen LogP) is 1.89. The lowest BCUT2D eigenvalue weighted by Crippen LogP contribution is -2.30. The van der Waals surface area contributed by atoms with Crippen molar-refractivity contribution >= 4 is 21.6 Å². The SMILES string of the molecule is COCCNS(=O)(=O)Cc1cccc(NC(=O)[C@H](C)Oc2ccc3c(c2)OCO3)c1. The highest BCUT2D eigenvalue weighted by molar-refractivity contribution is 7.88. The predicted molar refractivity (Wildman–Crippen MR) is 110 cm³/mol. The van der Waals surface area contributed by atoms with E-state index < -0.39 is 16.1 Å². The molecule has 2 aromatic rings. The van der Waals surface area contributed by atoms with Crippen LogP contribution in [0, 0.1) is 0 Å². The van der Waals surface area contributed by atoms with Crippen LogP contribution in [0.3, 0.4) is 0 Å². The molecule has 2 aromatic carbocycles. The third-order valence-electron chi connectivity index (χ3n) is 4.21. The monoisotopic (exact) mass is 436 g/mol. The summed E-state index contributed by atoms with van der Waals surface area (Å²) in [5.74, 6) is 1.09. The first-order valence-electron chi connectivity index (χ1n) is 9.29. The molecule has 30 heavy (non-hydrogen) atoms. The van der Waals surface area contributed by atoms with Crippen molar-refractivity contribution in [2.75, 3.05) is 32.4 Å². The smallest absolute Gasteiger partial charge is 0.265 e. The first kappa shape index (κ1) is 21.9. The molecule has 1 aliphatic heterocycles. The Hall–Kier alpha value is -2.82. The molecule has 0 unspecified atom stereocenters. The van der Waals surface area contributed by atoms with Gasteiger partial charge in [0.25, 0.3) is 5.91 Å². The number of sulfonamides is 1. The van der Waals surface area contributed by atoms with Crippen molar-refractivity contribution in [3.63, 3.8) is 0 Å². The molecule has 0 aliphatic carbocycles. The van der Waals surface area contributed by atoms with Crippen LogP contribution in [0.15, 0.2) is 42.5 Å². The van der Waals surface area contributed by atoms with E-state index in [1.807, 2.05) is 0 Å². The summed E-state index contributed by atoms with van der Waals surface area (Å²) in [6.45, 7) is 2.26. The van der Waals surface area contributed by atoms with E-state index in [0.29, 0.717) is 28.5 Å². The molecule has 1 heterocycles. The average Bonchev–Trinajstić information content (AvgIpc) is 3.15. The summed E-state index contributed by atoms with van der Waals surface area (Å²) in [4.78, 5) is 12.5. The minimum Gasteiger partial charge on any atom is -0.481 e. The third kappa shape index (κ3) is 6.09. The minimum absolute atomic E-state index is 0.156. The van der Waals surface area contributed by atoms with E-state index >= 15 is 0 Å². The molecule has 3 rings (SSSR count). The van der Waals surface area contributed by atoms with Gasteiger partial charge < -0.3 is 24.3 Å². The molecule has 162 valence electrons. The van der Waals surface area contributed by atoms with E-state index in [-0.39, 0.29) is 31.6 Å². The molecule has 1 aliphatic rings. The van der Waals surface area contributed by atoms with Crippen molar-refractivity contribution in [1.29, 1.82) is 0 Å². The van der Waals surface area contributed by atoms with Crippen LogP contribution in [0.25, 0.3) is 0 Å². The number of amides is 1. The van der Waals surface area contributed by atoms with Gasteiger partial charge in [0.05, 0.1) is 12.4 Å². The Morgan fingerprint density at radius 3 is 2.77 bits per heavy atom. The molecule has 0 spiro atoms. The molecule has 0 saturated carbocycles. The summed E-state index contributed by atoms with van der Waals surface area (Å²) < 4.78 is 47.7. The number of ether oxygens (including phenoxy) is 4. The van der Waals surface area contributed by atoms with E-state index in [9.17, 15) is 13.2 Å². The van der Waals surface area contributed by atoms with Crippen LogP contribution in [-0.4, -0.2) is 47.5 Å². The maximum Gasteiger partial charge on any atom is 0.265 e. The van der Waals surface area contributed by atoms with Gasteiger partial charge in [-0.05, 0) is 36.8 Å². The van der Waals surface area contributed by atoms with Crippen LogP contribution in [0.5, 0.6) is 17.2 Å². The lowest BCUT2D eigenvalue weighted by Gasteiger charge is -2.15. The fraction of sp³-hybridized carbons (Fsp3) is 0.350. The largest absolute Gasteiger partial charge is 0.481 e. The van der Waals surface area contributed by atoms with Crippen molar-refractivity contribution < 1.29 is 32.2 Å². The Morgan fingerprint density at radius 2 is 1.97 bits per heavy atom. The van der Waals surface area contributed by atoms with Crippen molar-refractivity contribution in [3.8, 4) is 17.2 Å². The first-order valence-corrected chi connectivity index (χ1v) is 10.9. The van der Waals surface area contributed by atoms with Crippen LogP contribution in [0.4, 0.5) is 5.69 Å². The summed E-state index contributed by atoms with van der Waals surface area (Å²) in [5.41, 5.74) is 1.02. The van der Waals surface area contributed by atoms with Crippen molar-refractivity contribution in [2.24, 2.45) is 0 Å². The summed E-state index contributed by atoms with van der Waals surface area (Å²) in [5, 5.41) is 2.74. The molecule has 10 heteroatoms. The normalized spacial score (nSPS) is 13.7. The highest BCUT2D eigenvalue weighted by atomic mass is 32.2. The van der Waals surface area contributed by atoms with E-state index in [0.717, 1.165) is 0 Å². The molecule has 0 fully saturated rings. The second-order valence-electron chi connectivity index (χ2n) is 6.61. The number of benzene rings is 2. The zero-order valence-corrected chi connectivity index (χ0v) is 17.5. The molecule has 1 atom stereocenters. The fourth-order valence-corrected chi connectivity index (χ4v) is 3.88. The van der Waals surface area contributed by atoms with Crippen molar-refractivity contribution in [3.05, 3.63) is 48.0 Å². The molecule has 2 N–H and O–H groups in total. The molecule has 0 bridgehead atoms. The number of hydrogen-bond acceptors (Lipinski definition) is 7. The number of carbonyl (C=O) groups is 1. The number of nitrogens with one attached hydrogen (secondary N) is 2. The maximum absolute atomic E-state index is 12.5. The van der Waals surface area contributed by atoms with Crippen LogP contribution in [0.2, 0.25) is 0 Å². The first-order chi connectivity index (χ1) is 14.4. The zero-order chi connectivity index (χ0) is 21.6. The second-order valence-corrected chi connectivity index (χ2v) is 8.42. The quantitative estimate of drug-likeness (QED) is 0.547. The van der Waals surface area contributed by atoms with Gasteiger partial charge in [-0.2, -0.15) is 0 Å². The van der Waals surface area contributed by atoms with Gasteiger partial charge in [-0.15, -0.1) is 0 Å². The van der Waals surface area contributed by atoms with Gasteiger partial charge in [-0.3, -0.25) is 4.79 Å². The van der Waals surface area contributed by atoms with Gasteiger partial charge in [0.1, 0.15) is 5.75 Å². The molecule has 0 saturated heterocycles. The second kappa shape index (κ2) is 9.79. The van der Waals surface area contributed by atoms with Gasteiger partial charge in [0.15, 0.2) is 17.6 Å². The lowest BCUT2D eigenvalue weighted by molar-refractivity contribution is -0.122. The van der Waals surface area contributed by atoms with Gasteiger partial charge >= 0.3 is 0 Å². The van der Waals surface area contributed by atoms with Crippen molar-refractivity contribution in [1.82, 2.24) is 4.72 Å². The number of rotatable bonds is 10. The van der Waals surface area contributed by atoms with Gasteiger partial charge in [0.2, 0.25) is 16.8 Å². The van der Waals surface area contributed by atoms with Gasteiger partial charge in [-0.25, -0.2) is 13.1 Å². The zero-order valence-electron chi connectivity index (χ0n) is 16.7. The Labute approximate surface area is 175 Å². The number of hydrogen-bond donors (Lipinski definition) is 2. The highest BCUT2D eigenvalue weighted by Crippen LogP contribution is 2.35. The number of methoxy groups -OCH3 is 1. The molecule has 9 nitrogen and oxygen atoms in total. The molecular formula is C20H24N2O7S. The van der Waals surface area contributed by atoms with E-state index in [4.69, 9.17) is 18.9 Å². The summed E-state index contributed by atoms with van der Waals surface area (Å²) >= 11 is 0. The van der Waals surface area contributed by atoms with Gasteiger partial charge in [-0.1, -0.05) is 12.1 Å². The number of anilines is 1. The highest BCUT2D eigenvalue weighted by Gasteiger charge is 2.19. The minimum atomic E-state index is -3.50.